The monoisotopic (exact) mass is 349 g/mol. The van der Waals surface area contributed by atoms with Crippen molar-refractivity contribution in [2.75, 3.05) is 16.8 Å². The van der Waals surface area contributed by atoms with E-state index in [0.717, 1.165) is 12.1 Å². The van der Waals surface area contributed by atoms with Gasteiger partial charge in [0.2, 0.25) is 5.91 Å². The molecule has 1 saturated heterocycles. The average molecular weight is 349 g/mol. The molecule has 0 bridgehead atoms. The van der Waals surface area contributed by atoms with Crippen LogP contribution in [0.2, 0.25) is 0 Å². The summed E-state index contributed by atoms with van der Waals surface area (Å²) in [6.45, 7) is 0.463. The third-order valence-corrected chi connectivity index (χ3v) is 4.01. The van der Waals surface area contributed by atoms with Crippen molar-refractivity contribution in [2.45, 2.75) is 18.6 Å². The Morgan fingerprint density at radius 3 is 2.76 bits per heavy atom. The van der Waals surface area contributed by atoms with Crippen LogP contribution in [0.25, 0.3) is 0 Å². The smallest absolute Gasteiger partial charge is 0.373 e. The first kappa shape index (κ1) is 16.8. The van der Waals surface area contributed by atoms with Gasteiger partial charge in [-0.05, 0) is 24.6 Å². The van der Waals surface area contributed by atoms with Gasteiger partial charge in [0.05, 0.1) is 28.7 Å². The predicted octanol–water partition coefficient (Wildman–Crippen LogP) is 2.53. The minimum atomic E-state index is -4.52. The van der Waals surface area contributed by atoms with Crippen molar-refractivity contribution in [3.8, 4) is 6.07 Å². The molecule has 0 spiro atoms. The van der Waals surface area contributed by atoms with Crippen LogP contribution in [0.4, 0.5) is 24.5 Å². The van der Waals surface area contributed by atoms with Gasteiger partial charge in [0, 0.05) is 19.8 Å². The number of rotatable bonds is 3. The largest absolute Gasteiger partial charge is 0.416 e. The molecule has 1 aliphatic rings. The number of nitrogens with one attached hydrogen (secondary N) is 1. The molecule has 25 heavy (non-hydrogen) atoms. The Hall–Kier alpha value is -3.02. The Morgan fingerprint density at radius 1 is 1.40 bits per heavy atom. The predicted molar refractivity (Wildman–Crippen MR) is 83.7 cm³/mol. The Kier molecular flexibility index (Phi) is 4.12. The van der Waals surface area contributed by atoms with Gasteiger partial charge in [-0.3, -0.25) is 9.48 Å². The van der Waals surface area contributed by atoms with Crippen LogP contribution in [0.15, 0.2) is 30.6 Å². The van der Waals surface area contributed by atoms with Crippen LogP contribution < -0.4 is 10.2 Å². The Bertz CT molecular complexity index is 852. The van der Waals surface area contributed by atoms with Gasteiger partial charge in [-0.25, -0.2) is 0 Å². The number of halogens is 3. The molecule has 2 heterocycles. The molecule has 1 N–H and O–H groups in total. The molecular formula is C16H14F3N5O. The Balaban J connectivity index is 1.79. The van der Waals surface area contributed by atoms with Crippen molar-refractivity contribution in [3.05, 3.63) is 41.7 Å². The number of aromatic nitrogens is 2. The molecule has 0 aliphatic carbocycles. The molecule has 1 aromatic carbocycles. The molecule has 1 fully saturated rings. The van der Waals surface area contributed by atoms with Gasteiger partial charge in [0.15, 0.2) is 0 Å². The fourth-order valence-electron chi connectivity index (χ4n) is 2.74. The van der Waals surface area contributed by atoms with Crippen molar-refractivity contribution in [3.63, 3.8) is 0 Å². The topological polar surface area (TPSA) is 73.9 Å². The lowest BCUT2D eigenvalue weighted by Gasteiger charge is -2.17. The van der Waals surface area contributed by atoms with Crippen LogP contribution in [0, 0.1) is 11.3 Å². The molecule has 1 aromatic heterocycles. The van der Waals surface area contributed by atoms with Crippen LogP contribution in [0.5, 0.6) is 0 Å². The highest BCUT2D eigenvalue weighted by atomic mass is 19.4. The first-order valence-electron chi connectivity index (χ1n) is 7.47. The number of nitrogens with zero attached hydrogens (tertiary/aromatic N) is 4. The maximum atomic E-state index is 12.7. The zero-order valence-electron chi connectivity index (χ0n) is 13.2. The van der Waals surface area contributed by atoms with Gasteiger partial charge in [-0.1, -0.05) is 0 Å². The number of nitriles is 1. The molecule has 130 valence electrons. The minimum absolute atomic E-state index is 0.151. The lowest BCUT2D eigenvalue weighted by atomic mass is 10.1. The molecule has 1 amide bonds. The van der Waals surface area contributed by atoms with Gasteiger partial charge in [-0.2, -0.15) is 23.5 Å². The van der Waals surface area contributed by atoms with Gasteiger partial charge in [0.1, 0.15) is 12.1 Å². The summed E-state index contributed by atoms with van der Waals surface area (Å²) in [5, 5.41) is 16.0. The molecule has 0 saturated carbocycles. The molecular weight excluding hydrogens is 335 g/mol. The van der Waals surface area contributed by atoms with Crippen molar-refractivity contribution in [1.29, 1.82) is 5.26 Å². The van der Waals surface area contributed by atoms with E-state index < -0.39 is 17.8 Å². The molecule has 1 aliphatic heterocycles. The maximum Gasteiger partial charge on any atom is 0.416 e. The van der Waals surface area contributed by atoms with Gasteiger partial charge >= 0.3 is 6.18 Å². The van der Waals surface area contributed by atoms with Crippen LogP contribution in [-0.4, -0.2) is 28.3 Å². The number of carbonyl (C=O) groups excluding carboxylic acids is 1. The second-order valence-electron chi connectivity index (χ2n) is 5.72. The van der Waals surface area contributed by atoms with Gasteiger partial charge < -0.3 is 10.2 Å². The molecule has 9 heteroatoms. The quantitative estimate of drug-likeness (QED) is 0.924. The van der Waals surface area contributed by atoms with E-state index in [1.807, 2.05) is 0 Å². The van der Waals surface area contributed by atoms with E-state index in [1.54, 1.807) is 35.1 Å². The molecule has 0 radical (unpaired) electrons. The van der Waals surface area contributed by atoms with E-state index in [9.17, 15) is 18.0 Å². The first-order chi connectivity index (χ1) is 11.8. The fraction of sp³-hybridized carbons (Fsp3) is 0.312. The second-order valence-corrected chi connectivity index (χ2v) is 5.72. The molecule has 1 atom stereocenters. The van der Waals surface area contributed by atoms with E-state index in [1.165, 1.54) is 6.07 Å². The number of anilines is 2. The molecule has 2 aromatic rings. The summed E-state index contributed by atoms with van der Waals surface area (Å²) in [7, 11) is 1.74. The summed E-state index contributed by atoms with van der Waals surface area (Å²) in [4.78, 5) is 14.1. The van der Waals surface area contributed by atoms with E-state index in [2.05, 4.69) is 10.4 Å². The third-order valence-electron chi connectivity index (χ3n) is 4.01. The number of hydrogen-bond acceptors (Lipinski definition) is 4. The minimum Gasteiger partial charge on any atom is -0.373 e. The number of hydrogen-bond donors (Lipinski definition) is 1. The van der Waals surface area contributed by atoms with Crippen LogP contribution in [0.1, 0.15) is 17.5 Å². The highest BCUT2D eigenvalue weighted by Crippen LogP contribution is 2.32. The van der Waals surface area contributed by atoms with Gasteiger partial charge in [-0.15, -0.1) is 0 Å². The normalized spacial score (nSPS) is 17.6. The van der Waals surface area contributed by atoms with Crippen molar-refractivity contribution in [1.82, 2.24) is 9.78 Å². The number of amides is 1. The molecule has 6 nitrogen and oxygen atoms in total. The summed E-state index contributed by atoms with van der Waals surface area (Å²) in [5.41, 5.74) is -0.182. The zero-order chi connectivity index (χ0) is 18.2. The van der Waals surface area contributed by atoms with E-state index in [-0.39, 0.29) is 17.2 Å². The fourth-order valence-corrected chi connectivity index (χ4v) is 2.74. The summed E-state index contributed by atoms with van der Waals surface area (Å²) >= 11 is 0. The SMILES string of the molecule is Cn1cc(N2CC[C@H](Nc3ccc(C(F)(F)F)cc3C#N)C2=O)cn1. The average Bonchev–Trinajstić information content (AvgIpc) is 3.13. The highest BCUT2D eigenvalue weighted by molar-refractivity contribution is 6.01. The van der Waals surface area contributed by atoms with Crippen LogP contribution in [0.3, 0.4) is 0 Å². The highest BCUT2D eigenvalue weighted by Gasteiger charge is 2.34. The summed E-state index contributed by atoms with van der Waals surface area (Å²) in [5.74, 6) is -0.211. The maximum absolute atomic E-state index is 12.7. The third kappa shape index (κ3) is 3.28. The number of benzene rings is 1. The first-order valence-corrected chi connectivity index (χ1v) is 7.47. The van der Waals surface area contributed by atoms with E-state index in [4.69, 9.17) is 5.26 Å². The number of aryl methyl sites for hydroxylation is 1. The lowest BCUT2D eigenvalue weighted by molar-refractivity contribution is -0.137. The van der Waals surface area contributed by atoms with Crippen LogP contribution >= 0.6 is 0 Å². The van der Waals surface area contributed by atoms with Crippen molar-refractivity contribution in [2.24, 2.45) is 7.05 Å². The molecule has 0 unspecified atom stereocenters. The van der Waals surface area contributed by atoms with Crippen LogP contribution in [-0.2, 0) is 18.0 Å². The van der Waals surface area contributed by atoms with Crippen molar-refractivity contribution >= 4 is 17.3 Å². The van der Waals surface area contributed by atoms with E-state index >= 15 is 0 Å². The Labute approximate surface area is 141 Å². The Morgan fingerprint density at radius 2 is 2.16 bits per heavy atom. The molecule has 3 rings (SSSR count). The van der Waals surface area contributed by atoms with Gasteiger partial charge in [0.25, 0.3) is 0 Å². The summed E-state index contributed by atoms with van der Waals surface area (Å²) < 4.78 is 39.8. The van der Waals surface area contributed by atoms with Crippen molar-refractivity contribution < 1.29 is 18.0 Å². The standard InChI is InChI=1S/C16H14F3N5O/c1-23-9-12(8-21-23)24-5-4-14(15(24)25)22-13-3-2-11(16(17,18)19)6-10(13)7-20/h2-3,6,8-9,14,22H,4-5H2,1H3/t14-/m0/s1. The summed E-state index contributed by atoms with van der Waals surface area (Å²) in [6, 6.07) is 3.99. The van der Waals surface area contributed by atoms with E-state index in [0.29, 0.717) is 18.7 Å². The number of alkyl halides is 3. The second kappa shape index (κ2) is 6.12. The lowest BCUT2D eigenvalue weighted by Crippen LogP contribution is -2.33. The number of carbonyl (C=O) groups is 1. The zero-order valence-corrected chi connectivity index (χ0v) is 13.2. The summed E-state index contributed by atoms with van der Waals surface area (Å²) in [6.07, 6.45) is -0.776.